The minimum Gasteiger partial charge on any atom is -0.481 e. The van der Waals surface area contributed by atoms with Crippen LogP contribution in [0.5, 0.6) is 0 Å². The third-order valence-corrected chi connectivity index (χ3v) is 4.00. The fourth-order valence-electron chi connectivity index (χ4n) is 2.68. The summed E-state index contributed by atoms with van der Waals surface area (Å²) in [7, 11) is 0. The summed E-state index contributed by atoms with van der Waals surface area (Å²) in [6.07, 6.45) is 3.42. The van der Waals surface area contributed by atoms with E-state index in [4.69, 9.17) is 5.73 Å². The summed E-state index contributed by atoms with van der Waals surface area (Å²) in [5, 5.41) is 9.57. The lowest BCUT2D eigenvalue weighted by Crippen LogP contribution is -2.39. The summed E-state index contributed by atoms with van der Waals surface area (Å²) in [4.78, 5) is 11.6. The zero-order valence-corrected chi connectivity index (χ0v) is 10.1. The molecule has 92 valence electrons. The highest BCUT2D eigenvalue weighted by atomic mass is 16.4. The SMILES string of the molecule is CC1CCC(C(=O)O)(c2ccc(N)cc2)CC1. The Morgan fingerprint density at radius 1 is 1.29 bits per heavy atom. The smallest absolute Gasteiger partial charge is 0.314 e. The van der Waals surface area contributed by atoms with Crippen LogP contribution in [0, 0.1) is 5.92 Å². The van der Waals surface area contributed by atoms with E-state index in [2.05, 4.69) is 6.92 Å². The molecule has 3 N–H and O–H groups in total. The monoisotopic (exact) mass is 233 g/mol. The molecule has 17 heavy (non-hydrogen) atoms. The van der Waals surface area contributed by atoms with Crippen LogP contribution in [0.1, 0.15) is 38.2 Å². The van der Waals surface area contributed by atoms with Gasteiger partial charge in [0.25, 0.3) is 0 Å². The molecule has 0 heterocycles. The highest BCUT2D eigenvalue weighted by molar-refractivity contribution is 5.81. The van der Waals surface area contributed by atoms with Crippen molar-refractivity contribution in [3.63, 3.8) is 0 Å². The van der Waals surface area contributed by atoms with E-state index in [0.29, 0.717) is 11.6 Å². The van der Waals surface area contributed by atoms with Crippen molar-refractivity contribution in [3.8, 4) is 0 Å². The van der Waals surface area contributed by atoms with Crippen LogP contribution in [0.15, 0.2) is 24.3 Å². The van der Waals surface area contributed by atoms with Crippen LogP contribution < -0.4 is 5.73 Å². The molecule has 0 radical (unpaired) electrons. The van der Waals surface area contributed by atoms with E-state index < -0.39 is 11.4 Å². The lowest BCUT2D eigenvalue weighted by atomic mass is 9.67. The fourth-order valence-corrected chi connectivity index (χ4v) is 2.68. The highest BCUT2D eigenvalue weighted by Crippen LogP contribution is 2.41. The maximum atomic E-state index is 11.6. The molecule has 0 aromatic heterocycles. The van der Waals surface area contributed by atoms with Crippen LogP contribution in [-0.4, -0.2) is 11.1 Å². The van der Waals surface area contributed by atoms with Crippen LogP contribution >= 0.6 is 0 Å². The van der Waals surface area contributed by atoms with Crippen LogP contribution in [0.25, 0.3) is 0 Å². The molecular formula is C14H19NO2. The van der Waals surface area contributed by atoms with Gasteiger partial charge in [0, 0.05) is 5.69 Å². The Kier molecular flexibility index (Phi) is 3.09. The second-order valence-electron chi connectivity index (χ2n) is 5.19. The fraction of sp³-hybridized carbons (Fsp3) is 0.500. The first-order valence-electron chi connectivity index (χ1n) is 6.14. The number of nitrogen functional groups attached to an aromatic ring is 1. The molecule has 1 fully saturated rings. The van der Waals surface area contributed by atoms with Gasteiger partial charge in [0.2, 0.25) is 0 Å². The Hall–Kier alpha value is -1.51. The number of carboxylic acid groups (broad SMARTS) is 1. The van der Waals surface area contributed by atoms with E-state index in [-0.39, 0.29) is 0 Å². The van der Waals surface area contributed by atoms with Crippen LogP contribution in [0.4, 0.5) is 5.69 Å². The number of carbonyl (C=O) groups is 1. The van der Waals surface area contributed by atoms with Crippen molar-refractivity contribution in [1.82, 2.24) is 0 Å². The highest BCUT2D eigenvalue weighted by Gasteiger charge is 2.42. The molecule has 3 nitrogen and oxygen atoms in total. The Balaban J connectivity index is 2.35. The Morgan fingerprint density at radius 2 is 1.82 bits per heavy atom. The van der Waals surface area contributed by atoms with E-state index >= 15 is 0 Å². The molecule has 0 spiro atoms. The standard InChI is InChI=1S/C14H19NO2/c1-10-6-8-14(9-7-10,13(16)17)11-2-4-12(15)5-3-11/h2-5,10H,6-9,15H2,1H3,(H,16,17). The van der Waals surface area contributed by atoms with E-state index in [1.807, 2.05) is 12.1 Å². The molecule has 2 rings (SSSR count). The summed E-state index contributed by atoms with van der Waals surface area (Å²) in [6.45, 7) is 2.19. The second kappa shape index (κ2) is 4.40. The first kappa shape index (κ1) is 12.0. The molecule has 0 atom stereocenters. The number of carboxylic acids is 1. The predicted molar refractivity (Wildman–Crippen MR) is 67.8 cm³/mol. The van der Waals surface area contributed by atoms with E-state index in [1.165, 1.54) is 0 Å². The van der Waals surface area contributed by atoms with Gasteiger partial charge in [-0.2, -0.15) is 0 Å². The van der Waals surface area contributed by atoms with E-state index in [1.54, 1.807) is 12.1 Å². The van der Waals surface area contributed by atoms with E-state index in [0.717, 1.165) is 31.2 Å². The van der Waals surface area contributed by atoms with Gasteiger partial charge in [-0.3, -0.25) is 4.79 Å². The van der Waals surface area contributed by atoms with Crippen LogP contribution in [0.2, 0.25) is 0 Å². The molecule has 0 unspecified atom stereocenters. The summed E-state index contributed by atoms with van der Waals surface area (Å²) < 4.78 is 0. The molecule has 0 bridgehead atoms. The molecule has 1 aliphatic rings. The number of anilines is 1. The number of hydrogen-bond donors (Lipinski definition) is 2. The van der Waals surface area contributed by atoms with Gasteiger partial charge < -0.3 is 10.8 Å². The summed E-state index contributed by atoms with van der Waals surface area (Å²) in [5.74, 6) is -0.0644. The first-order valence-corrected chi connectivity index (χ1v) is 6.14. The normalized spacial score (nSPS) is 28.9. The summed E-state index contributed by atoms with van der Waals surface area (Å²) in [6, 6.07) is 7.30. The number of nitrogens with two attached hydrogens (primary N) is 1. The molecule has 3 heteroatoms. The van der Waals surface area contributed by atoms with Crippen molar-refractivity contribution < 1.29 is 9.90 Å². The average Bonchev–Trinajstić information content (AvgIpc) is 2.31. The molecule has 0 amide bonds. The van der Waals surface area contributed by atoms with Crippen LogP contribution in [-0.2, 0) is 10.2 Å². The molecule has 0 aliphatic heterocycles. The maximum absolute atomic E-state index is 11.6. The van der Waals surface area contributed by atoms with E-state index in [9.17, 15) is 9.90 Å². The molecule has 1 aromatic rings. The molecule has 1 aromatic carbocycles. The van der Waals surface area contributed by atoms with Gasteiger partial charge in [-0.1, -0.05) is 19.1 Å². The van der Waals surface area contributed by atoms with Crippen molar-refractivity contribution in [3.05, 3.63) is 29.8 Å². The Morgan fingerprint density at radius 3 is 2.29 bits per heavy atom. The number of benzene rings is 1. The maximum Gasteiger partial charge on any atom is 0.314 e. The van der Waals surface area contributed by atoms with Gasteiger partial charge in [-0.25, -0.2) is 0 Å². The van der Waals surface area contributed by atoms with Gasteiger partial charge in [-0.15, -0.1) is 0 Å². The van der Waals surface area contributed by atoms with Gasteiger partial charge >= 0.3 is 5.97 Å². The summed E-state index contributed by atoms with van der Waals surface area (Å²) >= 11 is 0. The van der Waals surface area contributed by atoms with Crippen molar-refractivity contribution in [2.45, 2.75) is 38.0 Å². The molecule has 1 saturated carbocycles. The lowest BCUT2D eigenvalue weighted by molar-refractivity contribution is -0.145. The van der Waals surface area contributed by atoms with Gasteiger partial charge in [0.1, 0.15) is 0 Å². The predicted octanol–water partition coefficient (Wildman–Crippen LogP) is 2.80. The third kappa shape index (κ3) is 2.14. The minimum absolute atomic E-state index is 0.635. The van der Waals surface area contributed by atoms with Gasteiger partial charge in [0.05, 0.1) is 5.41 Å². The first-order chi connectivity index (χ1) is 8.04. The topological polar surface area (TPSA) is 63.3 Å². The van der Waals surface area contributed by atoms with Crippen LogP contribution in [0.3, 0.4) is 0 Å². The molecule has 1 aliphatic carbocycles. The number of aliphatic carboxylic acids is 1. The number of rotatable bonds is 2. The number of hydrogen-bond acceptors (Lipinski definition) is 2. The van der Waals surface area contributed by atoms with Crippen molar-refractivity contribution in [1.29, 1.82) is 0 Å². The molecule has 0 saturated heterocycles. The zero-order chi connectivity index (χ0) is 12.5. The average molecular weight is 233 g/mol. The Bertz CT molecular complexity index is 403. The van der Waals surface area contributed by atoms with Gasteiger partial charge in [0.15, 0.2) is 0 Å². The minimum atomic E-state index is -0.700. The Labute approximate surface area is 102 Å². The quantitative estimate of drug-likeness (QED) is 0.772. The third-order valence-electron chi connectivity index (χ3n) is 4.00. The largest absolute Gasteiger partial charge is 0.481 e. The summed E-state index contributed by atoms with van der Waals surface area (Å²) in [5.41, 5.74) is 6.53. The van der Waals surface area contributed by atoms with Crippen molar-refractivity contribution >= 4 is 11.7 Å². The zero-order valence-electron chi connectivity index (χ0n) is 10.1. The lowest BCUT2D eigenvalue weighted by Gasteiger charge is -2.36. The molecular weight excluding hydrogens is 214 g/mol. The second-order valence-corrected chi connectivity index (χ2v) is 5.19. The van der Waals surface area contributed by atoms with Crippen molar-refractivity contribution in [2.24, 2.45) is 5.92 Å². The van der Waals surface area contributed by atoms with Crippen molar-refractivity contribution in [2.75, 3.05) is 5.73 Å². The van der Waals surface area contributed by atoms with Gasteiger partial charge in [-0.05, 0) is 49.3 Å².